The molecule has 3 aromatic rings. The molecule has 0 aliphatic carbocycles. The maximum absolute atomic E-state index is 12.6. The minimum atomic E-state index is -1.40. The second-order valence-corrected chi connectivity index (χ2v) is 10.1. The fourth-order valence-electron chi connectivity index (χ4n) is 3.13. The summed E-state index contributed by atoms with van der Waals surface area (Å²) >= 11 is 12.2. The van der Waals surface area contributed by atoms with E-state index in [-0.39, 0.29) is 0 Å². The van der Waals surface area contributed by atoms with Crippen molar-refractivity contribution < 1.29 is 9.29 Å². The molecule has 2 aromatic carbocycles. The SMILES string of the molecule is [O-][S+](NCc1cccc(Cl)c1)c1cc(Cl)c(Oc2cccc(N3CCNCC3)c2)s1. The molecule has 9 heteroatoms. The van der Waals surface area contributed by atoms with Gasteiger partial charge in [0.05, 0.1) is 22.9 Å². The first-order valence-electron chi connectivity index (χ1n) is 9.51. The Balaban J connectivity index is 1.41. The van der Waals surface area contributed by atoms with Crippen LogP contribution in [0.3, 0.4) is 0 Å². The van der Waals surface area contributed by atoms with Gasteiger partial charge in [-0.2, -0.15) is 0 Å². The highest BCUT2D eigenvalue weighted by molar-refractivity contribution is 7.91. The average Bonchev–Trinajstić information content (AvgIpc) is 3.13. The first-order valence-corrected chi connectivity index (χ1v) is 12.2. The summed E-state index contributed by atoms with van der Waals surface area (Å²) in [6, 6.07) is 17.1. The van der Waals surface area contributed by atoms with Gasteiger partial charge in [0, 0.05) is 49.0 Å². The molecule has 1 saturated heterocycles. The molecular weight excluding hydrogens is 461 g/mol. The zero-order chi connectivity index (χ0) is 20.9. The van der Waals surface area contributed by atoms with Gasteiger partial charge in [-0.3, -0.25) is 0 Å². The van der Waals surface area contributed by atoms with Crippen LogP contribution >= 0.6 is 34.5 Å². The molecule has 1 aromatic heterocycles. The highest BCUT2D eigenvalue weighted by Gasteiger charge is 2.20. The predicted molar refractivity (Wildman–Crippen MR) is 126 cm³/mol. The molecule has 0 spiro atoms. The number of hydrogen-bond acceptors (Lipinski definition) is 6. The third kappa shape index (κ3) is 5.62. The summed E-state index contributed by atoms with van der Waals surface area (Å²) in [5, 5.41) is 4.98. The van der Waals surface area contributed by atoms with Crippen LogP contribution in [0.25, 0.3) is 0 Å². The molecule has 30 heavy (non-hydrogen) atoms. The topological polar surface area (TPSA) is 59.6 Å². The Labute approximate surface area is 193 Å². The van der Waals surface area contributed by atoms with E-state index in [0.717, 1.165) is 37.4 Å². The van der Waals surface area contributed by atoms with Crippen LogP contribution in [0.5, 0.6) is 10.8 Å². The zero-order valence-corrected chi connectivity index (χ0v) is 19.2. The molecule has 0 saturated carbocycles. The largest absolute Gasteiger partial charge is 0.592 e. The maximum atomic E-state index is 12.6. The van der Waals surface area contributed by atoms with Gasteiger partial charge in [-0.25, -0.2) is 0 Å². The fraction of sp³-hybridized carbons (Fsp3) is 0.238. The van der Waals surface area contributed by atoms with Crippen molar-refractivity contribution in [1.82, 2.24) is 10.0 Å². The second-order valence-electron chi connectivity index (χ2n) is 6.76. The molecule has 158 valence electrons. The molecule has 1 fully saturated rings. The third-order valence-corrected chi connectivity index (χ3v) is 7.65. The lowest BCUT2D eigenvalue weighted by molar-refractivity contribution is 0.496. The van der Waals surface area contributed by atoms with Crippen LogP contribution < -0.4 is 19.7 Å². The number of nitrogens with one attached hydrogen (secondary N) is 2. The molecule has 1 unspecified atom stereocenters. The molecular formula is C21H21Cl2N3O2S2. The number of piperazine rings is 1. The number of anilines is 1. The van der Waals surface area contributed by atoms with E-state index in [1.165, 1.54) is 11.3 Å². The van der Waals surface area contributed by atoms with Crippen LogP contribution in [0.4, 0.5) is 5.69 Å². The number of hydrogen-bond donors (Lipinski definition) is 2. The zero-order valence-electron chi connectivity index (χ0n) is 16.1. The van der Waals surface area contributed by atoms with Crippen molar-refractivity contribution in [2.45, 2.75) is 10.8 Å². The molecule has 2 heterocycles. The van der Waals surface area contributed by atoms with Gasteiger partial charge in [0.15, 0.2) is 0 Å². The van der Waals surface area contributed by atoms with Crippen LogP contribution in [0.1, 0.15) is 5.56 Å². The standard InChI is InChI=1S/C21H21Cl2N3O2S2/c22-16-4-1-3-15(11-16)14-25-30(27)20-13-19(23)21(29-20)28-18-6-2-5-17(12-18)26-9-7-24-8-10-26/h1-6,11-13,24-25H,7-10,14H2. The Hall–Kier alpha value is -1.45. The Morgan fingerprint density at radius 2 is 1.90 bits per heavy atom. The van der Waals surface area contributed by atoms with Gasteiger partial charge in [-0.05, 0) is 41.2 Å². The van der Waals surface area contributed by atoms with Crippen LogP contribution in [0, 0.1) is 0 Å². The van der Waals surface area contributed by atoms with Crippen LogP contribution in [-0.4, -0.2) is 30.7 Å². The summed E-state index contributed by atoms with van der Waals surface area (Å²) < 4.78 is 22.2. The summed E-state index contributed by atoms with van der Waals surface area (Å²) in [6.45, 7) is 4.30. The van der Waals surface area contributed by atoms with Crippen molar-refractivity contribution in [3.63, 3.8) is 0 Å². The Kier molecular flexibility index (Phi) is 7.43. The van der Waals surface area contributed by atoms with E-state index >= 15 is 0 Å². The number of halogens is 2. The van der Waals surface area contributed by atoms with Crippen molar-refractivity contribution in [2.24, 2.45) is 0 Å². The smallest absolute Gasteiger partial charge is 0.232 e. The minimum Gasteiger partial charge on any atom is -0.592 e. The Morgan fingerprint density at radius 1 is 1.10 bits per heavy atom. The maximum Gasteiger partial charge on any atom is 0.232 e. The first kappa shape index (κ1) is 21.8. The second kappa shape index (κ2) is 10.2. The van der Waals surface area contributed by atoms with E-state index in [0.29, 0.717) is 31.6 Å². The van der Waals surface area contributed by atoms with Gasteiger partial charge in [-0.15, -0.1) is 4.72 Å². The molecule has 5 nitrogen and oxygen atoms in total. The summed E-state index contributed by atoms with van der Waals surface area (Å²) in [7, 11) is 0. The van der Waals surface area contributed by atoms with Crippen molar-refractivity contribution >= 4 is 51.6 Å². The average molecular weight is 482 g/mol. The van der Waals surface area contributed by atoms with Crippen molar-refractivity contribution in [3.8, 4) is 10.8 Å². The van der Waals surface area contributed by atoms with Crippen molar-refractivity contribution in [1.29, 1.82) is 0 Å². The van der Waals surface area contributed by atoms with E-state index in [1.807, 2.05) is 42.5 Å². The monoisotopic (exact) mass is 481 g/mol. The molecule has 1 atom stereocenters. The quantitative estimate of drug-likeness (QED) is 0.461. The third-order valence-electron chi connectivity index (χ3n) is 4.62. The number of nitrogens with zero attached hydrogens (tertiary/aromatic N) is 1. The fourth-order valence-corrected chi connectivity index (χ4v) is 5.76. The van der Waals surface area contributed by atoms with E-state index in [4.69, 9.17) is 27.9 Å². The van der Waals surface area contributed by atoms with Crippen LogP contribution in [0.2, 0.25) is 10.0 Å². The Morgan fingerprint density at radius 3 is 2.70 bits per heavy atom. The van der Waals surface area contributed by atoms with E-state index in [9.17, 15) is 4.55 Å². The molecule has 0 amide bonds. The highest BCUT2D eigenvalue weighted by atomic mass is 35.5. The van der Waals surface area contributed by atoms with E-state index in [1.54, 1.807) is 6.07 Å². The number of thiophene rings is 1. The summed E-state index contributed by atoms with van der Waals surface area (Å²) in [6.07, 6.45) is 0. The number of benzene rings is 2. The molecule has 4 rings (SSSR count). The van der Waals surface area contributed by atoms with Crippen LogP contribution in [0.15, 0.2) is 58.8 Å². The first-order chi connectivity index (χ1) is 14.6. The van der Waals surface area contributed by atoms with Gasteiger partial charge in [0.2, 0.25) is 9.27 Å². The molecule has 1 aliphatic heterocycles. The summed E-state index contributed by atoms with van der Waals surface area (Å²) in [5.74, 6) is 0.707. The summed E-state index contributed by atoms with van der Waals surface area (Å²) in [5.41, 5.74) is 2.08. The normalized spacial score (nSPS) is 15.2. The minimum absolute atomic E-state index is 0.436. The number of ether oxygens (including phenoxy) is 1. The molecule has 0 bridgehead atoms. The van der Waals surface area contributed by atoms with Gasteiger partial charge in [0.25, 0.3) is 0 Å². The Bertz CT molecular complexity index is 996. The van der Waals surface area contributed by atoms with Gasteiger partial charge < -0.3 is 19.5 Å². The van der Waals surface area contributed by atoms with Crippen LogP contribution in [-0.2, 0) is 17.9 Å². The molecule has 1 aliphatic rings. The predicted octanol–water partition coefficient (Wildman–Crippen LogP) is 5.07. The lowest BCUT2D eigenvalue weighted by Crippen LogP contribution is -2.43. The van der Waals surface area contributed by atoms with Crippen molar-refractivity contribution in [3.05, 3.63) is 70.2 Å². The molecule has 0 radical (unpaired) electrons. The van der Waals surface area contributed by atoms with E-state index in [2.05, 4.69) is 21.0 Å². The number of rotatable bonds is 7. The lowest BCUT2D eigenvalue weighted by atomic mass is 10.2. The lowest BCUT2D eigenvalue weighted by Gasteiger charge is -2.29. The van der Waals surface area contributed by atoms with E-state index < -0.39 is 11.4 Å². The van der Waals surface area contributed by atoms with Crippen molar-refractivity contribution in [2.75, 3.05) is 31.1 Å². The van der Waals surface area contributed by atoms with Gasteiger partial charge in [-0.1, -0.05) is 41.4 Å². The summed E-state index contributed by atoms with van der Waals surface area (Å²) in [4.78, 5) is 2.32. The van der Waals surface area contributed by atoms with Gasteiger partial charge >= 0.3 is 0 Å². The molecule has 2 N–H and O–H groups in total. The highest BCUT2D eigenvalue weighted by Crippen LogP contribution is 2.40. The van der Waals surface area contributed by atoms with Gasteiger partial charge in [0.1, 0.15) is 5.75 Å².